The molecule has 2 atom stereocenters. The monoisotopic (exact) mass is 308 g/mol. The van der Waals surface area contributed by atoms with Crippen LogP contribution in [0.4, 0.5) is 0 Å². The second kappa shape index (κ2) is 6.44. The highest BCUT2D eigenvalue weighted by atomic mass is 32.2. The van der Waals surface area contributed by atoms with Crippen molar-refractivity contribution >= 4 is 17.7 Å². The molecular weight excluding hydrogens is 284 g/mol. The van der Waals surface area contributed by atoms with Gasteiger partial charge in [0.05, 0.1) is 6.10 Å². The van der Waals surface area contributed by atoms with Gasteiger partial charge in [-0.15, -0.1) is 0 Å². The molecule has 2 aliphatic heterocycles. The van der Waals surface area contributed by atoms with Gasteiger partial charge in [-0.1, -0.05) is 0 Å². The first-order chi connectivity index (χ1) is 10.1. The van der Waals surface area contributed by atoms with Crippen molar-refractivity contribution in [3.05, 3.63) is 23.0 Å². The van der Waals surface area contributed by atoms with E-state index in [2.05, 4.69) is 9.88 Å². The number of hydrogen-bond acceptors (Lipinski definition) is 3. The van der Waals surface area contributed by atoms with Gasteiger partial charge in [-0.2, -0.15) is 11.8 Å². The first-order valence-electron chi connectivity index (χ1n) is 7.81. The molecule has 1 amide bonds. The lowest BCUT2D eigenvalue weighted by Gasteiger charge is -2.30. The minimum Gasteiger partial charge on any atom is -0.376 e. The predicted molar refractivity (Wildman–Crippen MR) is 86.0 cm³/mol. The van der Waals surface area contributed by atoms with Gasteiger partial charge in [-0.05, 0) is 50.5 Å². The number of nitrogens with zero attached hydrogens (tertiary/aromatic N) is 1. The van der Waals surface area contributed by atoms with E-state index in [1.54, 1.807) is 0 Å². The van der Waals surface area contributed by atoms with E-state index in [-0.39, 0.29) is 12.0 Å². The number of nitrogens with one attached hydrogen (secondary N) is 1. The quantitative estimate of drug-likeness (QED) is 0.930. The Hall–Kier alpha value is -0.940. The van der Waals surface area contributed by atoms with Crippen molar-refractivity contribution in [2.45, 2.75) is 45.3 Å². The minimum atomic E-state index is 0.142. The highest BCUT2D eigenvalue weighted by Gasteiger charge is 2.32. The predicted octanol–water partition coefficient (Wildman–Crippen LogP) is 2.76. The van der Waals surface area contributed by atoms with E-state index >= 15 is 0 Å². The summed E-state index contributed by atoms with van der Waals surface area (Å²) < 4.78 is 5.75. The maximum Gasteiger partial charge on any atom is 0.270 e. The first-order valence-corrected chi connectivity index (χ1v) is 8.97. The number of aromatic nitrogens is 1. The summed E-state index contributed by atoms with van der Waals surface area (Å²) in [5.41, 5.74) is 2.84. The summed E-state index contributed by atoms with van der Waals surface area (Å²) in [5.74, 6) is 2.35. The van der Waals surface area contributed by atoms with Gasteiger partial charge < -0.3 is 14.6 Å². The van der Waals surface area contributed by atoms with Crippen LogP contribution in [0.1, 0.15) is 41.0 Å². The fraction of sp³-hybridized carbons (Fsp3) is 0.688. The number of amides is 1. The van der Waals surface area contributed by atoms with Crippen molar-refractivity contribution < 1.29 is 9.53 Å². The Labute approximate surface area is 130 Å². The molecule has 0 aromatic carbocycles. The maximum absolute atomic E-state index is 13.0. The topological polar surface area (TPSA) is 45.3 Å². The maximum atomic E-state index is 13.0. The summed E-state index contributed by atoms with van der Waals surface area (Å²) in [7, 11) is 0. The van der Waals surface area contributed by atoms with Crippen LogP contribution in [0.15, 0.2) is 6.07 Å². The molecule has 0 spiro atoms. The van der Waals surface area contributed by atoms with Gasteiger partial charge in [-0.3, -0.25) is 4.79 Å². The number of rotatable bonds is 4. The number of H-pyrrole nitrogens is 1. The van der Waals surface area contributed by atoms with E-state index in [0.717, 1.165) is 60.9 Å². The van der Waals surface area contributed by atoms with Gasteiger partial charge in [0.2, 0.25) is 0 Å². The second-order valence-corrected chi connectivity index (χ2v) is 7.27. The highest BCUT2D eigenvalue weighted by Crippen LogP contribution is 2.26. The lowest BCUT2D eigenvalue weighted by atomic mass is 10.1. The molecule has 3 rings (SSSR count). The van der Waals surface area contributed by atoms with Crippen LogP contribution in [0.25, 0.3) is 0 Å². The van der Waals surface area contributed by atoms with Crippen LogP contribution < -0.4 is 0 Å². The van der Waals surface area contributed by atoms with Crippen LogP contribution in [-0.4, -0.2) is 52.6 Å². The zero-order valence-electron chi connectivity index (χ0n) is 12.9. The van der Waals surface area contributed by atoms with Crippen LogP contribution in [0.3, 0.4) is 0 Å². The number of aromatic amines is 1. The van der Waals surface area contributed by atoms with Gasteiger partial charge >= 0.3 is 0 Å². The van der Waals surface area contributed by atoms with E-state index in [0.29, 0.717) is 6.04 Å². The third kappa shape index (κ3) is 3.29. The van der Waals surface area contributed by atoms with Crippen molar-refractivity contribution in [3.63, 3.8) is 0 Å². The van der Waals surface area contributed by atoms with E-state index in [9.17, 15) is 4.79 Å². The van der Waals surface area contributed by atoms with Gasteiger partial charge in [0, 0.05) is 30.6 Å². The summed E-state index contributed by atoms with van der Waals surface area (Å²) in [6.07, 6.45) is 3.51. The average Bonchev–Trinajstić information content (AvgIpc) is 3.16. The van der Waals surface area contributed by atoms with Crippen LogP contribution in [0, 0.1) is 13.8 Å². The van der Waals surface area contributed by atoms with Gasteiger partial charge in [0.1, 0.15) is 5.69 Å². The standard InChI is InChI=1S/C16H24N2O2S/c1-11-8-12(2)17-15(11)16(19)18(13-5-7-21-10-13)9-14-4-3-6-20-14/h8,13-14,17H,3-7,9-10H2,1-2H3/t13-,14+/m0/s1. The number of thioether (sulfide) groups is 1. The molecule has 0 aliphatic carbocycles. The average molecular weight is 308 g/mol. The molecule has 2 fully saturated rings. The largest absolute Gasteiger partial charge is 0.376 e. The molecule has 3 heterocycles. The summed E-state index contributed by atoms with van der Waals surface area (Å²) in [4.78, 5) is 18.3. The summed E-state index contributed by atoms with van der Waals surface area (Å²) in [6.45, 7) is 5.58. The smallest absolute Gasteiger partial charge is 0.270 e. The Morgan fingerprint density at radius 1 is 1.48 bits per heavy atom. The van der Waals surface area contributed by atoms with E-state index < -0.39 is 0 Å². The fourth-order valence-corrected chi connectivity index (χ4v) is 4.49. The summed E-state index contributed by atoms with van der Waals surface area (Å²) in [5, 5.41) is 0. The second-order valence-electron chi connectivity index (χ2n) is 6.12. The van der Waals surface area contributed by atoms with Gasteiger partial charge in [0.15, 0.2) is 0 Å². The van der Waals surface area contributed by atoms with Crippen LogP contribution in [0.5, 0.6) is 0 Å². The van der Waals surface area contributed by atoms with Gasteiger partial charge in [-0.25, -0.2) is 0 Å². The molecule has 0 bridgehead atoms. The number of carbonyl (C=O) groups is 1. The molecule has 2 saturated heterocycles. The lowest BCUT2D eigenvalue weighted by molar-refractivity contribution is 0.0437. The minimum absolute atomic E-state index is 0.142. The van der Waals surface area contributed by atoms with Crippen molar-refractivity contribution in [1.82, 2.24) is 9.88 Å². The Balaban J connectivity index is 1.79. The van der Waals surface area contributed by atoms with Crippen LogP contribution in [-0.2, 0) is 4.74 Å². The van der Waals surface area contributed by atoms with Crippen molar-refractivity contribution in [3.8, 4) is 0 Å². The SMILES string of the molecule is Cc1cc(C)c(C(=O)N(C[C@H]2CCCO2)[C@H]2CCSC2)[nH]1. The van der Waals surface area contributed by atoms with E-state index in [1.165, 1.54) is 0 Å². The van der Waals surface area contributed by atoms with Crippen molar-refractivity contribution in [1.29, 1.82) is 0 Å². The molecule has 116 valence electrons. The Morgan fingerprint density at radius 2 is 2.33 bits per heavy atom. The highest BCUT2D eigenvalue weighted by molar-refractivity contribution is 7.99. The van der Waals surface area contributed by atoms with Crippen molar-refractivity contribution in [2.24, 2.45) is 0 Å². The number of hydrogen-bond donors (Lipinski definition) is 1. The Kier molecular flexibility index (Phi) is 4.60. The van der Waals surface area contributed by atoms with Crippen LogP contribution in [0.2, 0.25) is 0 Å². The molecule has 4 nitrogen and oxygen atoms in total. The fourth-order valence-electron chi connectivity index (χ4n) is 3.27. The zero-order chi connectivity index (χ0) is 14.8. The molecule has 0 saturated carbocycles. The molecule has 0 radical (unpaired) electrons. The molecule has 1 aromatic heterocycles. The third-order valence-electron chi connectivity index (χ3n) is 4.39. The van der Waals surface area contributed by atoms with Crippen LogP contribution >= 0.6 is 11.8 Å². The molecule has 2 aliphatic rings. The molecule has 1 aromatic rings. The summed E-state index contributed by atoms with van der Waals surface area (Å²) >= 11 is 1.95. The third-order valence-corrected chi connectivity index (χ3v) is 5.54. The number of carbonyl (C=O) groups excluding carboxylic acids is 1. The number of aryl methyl sites for hydroxylation is 2. The zero-order valence-corrected chi connectivity index (χ0v) is 13.7. The Morgan fingerprint density at radius 3 is 2.90 bits per heavy atom. The molecule has 0 unspecified atom stereocenters. The van der Waals surface area contributed by atoms with Gasteiger partial charge in [0.25, 0.3) is 5.91 Å². The molecule has 1 N–H and O–H groups in total. The van der Waals surface area contributed by atoms with E-state index in [1.807, 2.05) is 31.7 Å². The normalized spacial score (nSPS) is 25.4. The molecule has 21 heavy (non-hydrogen) atoms. The first kappa shape index (κ1) is 15.0. The summed E-state index contributed by atoms with van der Waals surface area (Å²) in [6, 6.07) is 2.40. The molecular formula is C16H24N2O2S. The van der Waals surface area contributed by atoms with E-state index in [4.69, 9.17) is 4.74 Å². The number of ether oxygens (including phenoxy) is 1. The lowest BCUT2D eigenvalue weighted by Crippen LogP contribution is -2.45. The Bertz CT molecular complexity index is 502. The van der Waals surface area contributed by atoms with Crippen molar-refractivity contribution in [2.75, 3.05) is 24.7 Å². The molecule has 5 heteroatoms.